The first-order chi connectivity index (χ1) is 17.0. The smallest absolute Gasteiger partial charge is 0.261 e. The molecule has 180 valence electrons. The Kier molecular flexibility index (Phi) is 9.94. The quantitative estimate of drug-likeness (QED) is 0.176. The number of carbonyl (C=O) groups excluding carboxylic acids is 1. The van der Waals surface area contributed by atoms with Gasteiger partial charge in [-0.3, -0.25) is 4.79 Å². The topological polar surface area (TPSA) is 71.3 Å². The second-order valence-corrected chi connectivity index (χ2v) is 8.91. The normalized spacial score (nSPS) is 11.0. The van der Waals surface area contributed by atoms with Gasteiger partial charge in [0.15, 0.2) is 11.5 Å². The lowest BCUT2D eigenvalue weighted by atomic mass is 10.1. The molecule has 0 atom stereocenters. The number of aryl methyl sites for hydroxylation is 2. The van der Waals surface area contributed by atoms with Crippen LogP contribution in [0.1, 0.15) is 35.6 Å². The summed E-state index contributed by atoms with van der Waals surface area (Å²) in [5.41, 5.74) is 4.14. The van der Waals surface area contributed by atoms with Gasteiger partial charge in [-0.25, -0.2) is 0 Å². The van der Waals surface area contributed by atoms with E-state index in [9.17, 15) is 10.1 Å². The van der Waals surface area contributed by atoms with Crippen LogP contribution in [-0.2, 0) is 17.8 Å². The van der Waals surface area contributed by atoms with E-state index in [1.807, 2.05) is 62.4 Å². The maximum Gasteiger partial charge on any atom is 0.261 e. The second kappa shape index (κ2) is 13.4. The third-order valence-corrected chi connectivity index (χ3v) is 5.83. The van der Waals surface area contributed by atoms with Crippen LogP contribution in [0.5, 0.6) is 11.5 Å². The highest BCUT2D eigenvalue weighted by Crippen LogP contribution is 2.38. The van der Waals surface area contributed by atoms with Crippen molar-refractivity contribution in [2.45, 2.75) is 33.3 Å². The molecule has 1 N–H and O–H groups in total. The lowest BCUT2D eigenvalue weighted by molar-refractivity contribution is -0.117. The zero-order valence-corrected chi connectivity index (χ0v) is 21.6. The summed E-state index contributed by atoms with van der Waals surface area (Å²) < 4.78 is 12.5. The van der Waals surface area contributed by atoms with Gasteiger partial charge in [-0.2, -0.15) is 5.26 Å². The van der Waals surface area contributed by atoms with Crippen molar-refractivity contribution in [1.29, 1.82) is 5.26 Å². The monoisotopic (exact) mass is 532 g/mol. The first-order valence-corrected chi connectivity index (χ1v) is 12.4. The van der Waals surface area contributed by atoms with Crippen molar-refractivity contribution in [3.8, 4) is 17.6 Å². The van der Waals surface area contributed by atoms with E-state index in [-0.39, 0.29) is 5.57 Å². The van der Waals surface area contributed by atoms with Gasteiger partial charge in [-0.1, -0.05) is 60.2 Å². The number of rotatable bonds is 11. The SMILES string of the molecule is CCOc1cc(/C=C(/C#N)C(=O)NCCCc2ccccc2)cc(Br)c1OCc1cccc(C)c1. The highest BCUT2D eigenvalue weighted by atomic mass is 79.9. The van der Waals surface area contributed by atoms with E-state index in [0.29, 0.717) is 41.3 Å². The molecule has 0 saturated heterocycles. The van der Waals surface area contributed by atoms with E-state index in [2.05, 4.69) is 39.4 Å². The number of nitrogens with one attached hydrogen (secondary N) is 1. The summed E-state index contributed by atoms with van der Waals surface area (Å²) in [7, 11) is 0. The number of nitrogens with zero attached hydrogens (tertiary/aromatic N) is 1. The van der Waals surface area contributed by atoms with Crippen LogP contribution in [0.3, 0.4) is 0 Å². The van der Waals surface area contributed by atoms with Crippen LogP contribution in [0, 0.1) is 18.3 Å². The molecule has 3 aromatic rings. The number of nitriles is 1. The predicted octanol–water partition coefficient (Wildman–Crippen LogP) is 6.39. The molecule has 0 fully saturated rings. The van der Waals surface area contributed by atoms with E-state index < -0.39 is 5.91 Å². The summed E-state index contributed by atoms with van der Waals surface area (Å²) >= 11 is 3.56. The maximum atomic E-state index is 12.6. The van der Waals surface area contributed by atoms with E-state index in [0.717, 1.165) is 24.0 Å². The highest BCUT2D eigenvalue weighted by molar-refractivity contribution is 9.10. The van der Waals surface area contributed by atoms with E-state index >= 15 is 0 Å². The maximum absolute atomic E-state index is 12.6. The van der Waals surface area contributed by atoms with Gasteiger partial charge in [-0.15, -0.1) is 0 Å². The summed E-state index contributed by atoms with van der Waals surface area (Å²) in [6, 6.07) is 23.8. The summed E-state index contributed by atoms with van der Waals surface area (Å²) in [6.45, 7) is 5.27. The van der Waals surface area contributed by atoms with Crippen LogP contribution in [0.15, 0.2) is 76.8 Å². The van der Waals surface area contributed by atoms with E-state index in [4.69, 9.17) is 9.47 Å². The van der Waals surface area contributed by atoms with Crippen molar-refractivity contribution >= 4 is 27.9 Å². The zero-order valence-electron chi connectivity index (χ0n) is 20.0. The second-order valence-electron chi connectivity index (χ2n) is 8.06. The highest BCUT2D eigenvalue weighted by Gasteiger charge is 2.14. The summed E-state index contributed by atoms with van der Waals surface area (Å²) in [6.07, 6.45) is 3.22. The van der Waals surface area contributed by atoms with Gasteiger partial charge >= 0.3 is 0 Å². The molecule has 0 saturated carbocycles. The summed E-state index contributed by atoms with van der Waals surface area (Å²) in [5.74, 6) is 0.727. The average Bonchev–Trinajstić information content (AvgIpc) is 2.85. The number of amides is 1. The summed E-state index contributed by atoms with van der Waals surface area (Å²) in [5, 5.41) is 12.4. The molecule has 0 bridgehead atoms. The number of hydrogen-bond acceptors (Lipinski definition) is 4. The fraction of sp³-hybridized carbons (Fsp3) is 0.241. The van der Waals surface area contributed by atoms with E-state index in [1.54, 1.807) is 12.1 Å². The number of carbonyl (C=O) groups is 1. The van der Waals surface area contributed by atoms with Gasteiger partial charge in [0, 0.05) is 6.54 Å². The van der Waals surface area contributed by atoms with Gasteiger partial charge in [0.25, 0.3) is 5.91 Å². The van der Waals surface area contributed by atoms with Gasteiger partial charge in [0.1, 0.15) is 18.2 Å². The minimum atomic E-state index is -0.394. The Balaban J connectivity index is 1.68. The minimum Gasteiger partial charge on any atom is -0.490 e. The Bertz CT molecular complexity index is 1220. The Hall–Kier alpha value is -3.56. The van der Waals surface area contributed by atoms with Gasteiger partial charge < -0.3 is 14.8 Å². The van der Waals surface area contributed by atoms with Crippen molar-refractivity contribution in [1.82, 2.24) is 5.32 Å². The largest absolute Gasteiger partial charge is 0.490 e. The first kappa shape index (κ1) is 26.1. The molecule has 0 aliphatic heterocycles. The molecular formula is C29H29BrN2O3. The molecule has 3 aromatic carbocycles. The number of hydrogen-bond donors (Lipinski definition) is 1. The lowest BCUT2D eigenvalue weighted by Crippen LogP contribution is -2.25. The molecule has 1 amide bonds. The molecule has 0 unspecified atom stereocenters. The number of ether oxygens (including phenoxy) is 2. The van der Waals surface area contributed by atoms with Crippen LogP contribution in [0.2, 0.25) is 0 Å². The fourth-order valence-corrected chi connectivity index (χ4v) is 4.16. The van der Waals surface area contributed by atoms with Crippen LogP contribution >= 0.6 is 15.9 Å². The van der Waals surface area contributed by atoms with E-state index in [1.165, 1.54) is 5.56 Å². The van der Waals surface area contributed by atoms with Gasteiger partial charge in [-0.05, 0) is 77.5 Å². The fourth-order valence-electron chi connectivity index (χ4n) is 3.58. The third-order valence-electron chi connectivity index (χ3n) is 5.24. The van der Waals surface area contributed by atoms with Crippen LogP contribution in [0.25, 0.3) is 6.08 Å². The average molecular weight is 533 g/mol. The third kappa shape index (κ3) is 8.01. The van der Waals surface area contributed by atoms with Crippen LogP contribution < -0.4 is 14.8 Å². The first-order valence-electron chi connectivity index (χ1n) is 11.6. The standard InChI is InChI=1S/C29H29BrN2O3/c1-3-34-27-18-24(17-26(30)28(27)35-20-23-12-7-9-21(2)15-23)16-25(19-31)29(33)32-14-8-13-22-10-5-4-6-11-22/h4-7,9-12,15-18H,3,8,13-14,20H2,1-2H3,(H,32,33)/b25-16-. The molecular weight excluding hydrogens is 504 g/mol. The molecule has 0 heterocycles. The molecule has 0 aromatic heterocycles. The molecule has 5 nitrogen and oxygen atoms in total. The minimum absolute atomic E-state index is 0.0347. The van der Waals surface area contributed by atoms with Crippen molar-refractivity contribution in [2.24, 2.45) is 0 Å². The van der Waals surface area contributed by atoms with Crippen molar-refractivity contribution < 1.29 is 14.3 Å². The molecule has 0 aliphatic rings. The lowest BCUT2D eigenvalue weighted by Gasteiger charge is -2.15. The Labute approximate surface area is 215 Å². The zero-order chi connectivity index (χ0) is 25.0. The summed E-state index contributed by atoms with van der Waals surface area (Å²) in [4.78, 5) is 12.6. The van der Waals surface area contributed by atoms with Crippen molar-refractivity contribution in [3.63, 3.8) is 0 Å². The van der Waals surface area contributed by atoms with Gasteiger partial charge in [0.05, 0.1) is 11.1 Å². The predicted molar refractivity (Wildman–Crippen MR) is 142 cm³/mol. The number of benzene rings is 3. The van der Waals surface area contributed by atoms with Gasteiger partial charge in [0.2, 0.25) is 0 Å². The molecule has 35 heavy (non-hydrogen) atoms. The van der Waals surface area contributed by atoms with Crippen LogP contribution in [0.4, 0.5) is 0 Å². The van der Waals surface area contributed by atoms with Crippen molar-refractivity contribution in [2.75, 3.05) is 13.2 Å². The molecule has 6 heteroatoms. The Morgan fingerprint density at radius 1 is 1.06 bits per heavy atom. The number of halogens is 1. The molecule has 0 aliphatic carbocycles. The Morgan fingerprint density at radius 2 is 1.83 bits per heavy atom. The molecule has 0 radical (unpaired) electrons. The molecule has 0 spiro atoms. The van der Waals surface area contributed by atoms with Crippen molar-refractivity contribution in [3.05, 3.63) is 99.0 Å². The van der Waals surface area contributed by atoms with Crippen LogP contribution in [-0.4, -0.2) is 19.1 Å². The molecule has 3 rings (SSSR count). The Morgan fingerprint density at radius 3 is 2.54 bits per heavy atom.